The number of aromatic nitrogens is 2. The fourth-order valence-electron chi connectivity index (χ4n) is 5.72. The van der Waals surface area contributed by atoms with Crippen LogP contribution in [0.2, 0.25) is 0 Å². The quantitative estimate of drug-likeness (QED) is 0.154. The van der Waals surface area contributed by atoms with Crippen molar-refractivity contribution in [1.82, 2.24) is 9.97 Å². The van der Waals surface area contributed by atoms with Gasteiger partial charge >= 0.3 is 0 Å². The number of allylic oxidation sites excluding steroid dienone is 1. The van der Waals surface area contributed by atoms with Gasteiger partial charge in [-0.2, -0.15) is 0 Å². The average molecular weight is 447 g/mol. The van der Waals surface area contributed by atoms with Crippen molar-refractivity contribution in [3.8, 4) is 11.3 Å². The minimum Gasteiger partial charge on any atom is -0.256 e. The van der Waals surface area contributed by atoms with Gasteiger partial charge < -0.3 is 0 Å². The maximum atomic E-state index is 4.94. The Morgan fingerprint density at radius 2 is 1.34 bits per heavy atom. The molecular weight excluding hydrogens is 424 g/mol. The van der Waals surface area contributed by atoms with Crippen LogP contribution in [0.5, 0.6) is 0 Å². The number of hydrogen-bond acceptors (Lipinski definition) is 2. The van der Waals surface area contributed by atoms with Crippen molar-refractivity contribution in [2.24, 2.45) is 0 Å². The molecule has 7 rings (SSSR count). The summed E-state index contributed by atoms with van der Waals surface area (Å²) in [6.07, 6.45) is 5.81. The van der Waals surface area contributed by atoms with Crippen molar-refractivity contribution in [3.63, 3.8) is 0 Å². The van der Waals surface area contributed by atoms with Crippen molar-refractivity contribution in [2.75, 3.05) is 0 Å². The summed E-state index contributed by atoms with van der Waals surface area (Å²) in [5.74, 6) is -0.0111. The standard InChI is InChI=1S/C33H22N2/c1-2-23(24-10-3-4-11-25(24)29-14-5-6-19-34-29)27-18-17-22-16-15-21-9-7-12-26-28-13-8-20-35-33(28)32(27)31(22)30(21)26/h2-20,23H,1H2. The molecule has 0 saturated carbocycles. The molecule has 0 spiro atoms. The van der Waals surface area contributed by atoms with Crippen molar-refractivity contribution < 1.29 is 0 Å². The second-order valence-corrected chi connectivity index (χ2v) is 9.01. The van der Waals surface area contributed by atoms with E-state index in [0.29, 0.717) is 0 Å². The Kier molecular flexibility index (Phi) is 4.40. The fraction of sp³-hybridized carbons (Fsp3) is 0.0303. The molecule has 0 N–H and O–H groups in total. The molecule has 0 amide bonds. The van der Waals surface area contributed by atoms with Crippen LogP contribution in [0.15, 0.2) is 122 Å². The monoisotopic (exact) mass is 446 g/mol. The number of fused-ring (bicyclic) bond motifs is 3. The van der Waals surface area contributed by atoms with Crippen molar-refractivity contribution in [2.45, 2.75) is 5.92 Å². The lowest BCUT2D eigenvalue weighted by Crippen LogP contribution is -2.03. The van der Waals surface area contributed by atoms with E-state index < -0.39 is 0 Å². The summed E-state index contributed by atoms with van der Waals surface area (Å²) >= 11 is 0. The van der Waals surface area contributed by atoms with E-state index in [1.807, 2.05) is 30.6 Å². The molecular formula is C33H22N2. The van der Waals surface area contributed by atoms with Gasteiger partial charge in [-0.1, -0.05) is 84.9 Å². The van der Waals surface area contributed by atoms with E-state index in [1.54, 1.807) is 0 Å². The van der Waals surface area contributed by atoms with Crippen LogP contribution in [-0.2, 0) is 0 Å². The van der Waals surface area contributed by atoms with E-state index >= 15 is 0 Å². The lowest BCUT2D eigenvalue weighted by Gasteiger charge is -2.22. The van der Waals surface area contributed by atoms with Gasteiger partial charge in [-0.25, -0.2) is 0 Å². The van der Waals surface area contributed by atoms with Crippen LogP contribution in [0.3, 0.4) is 0 Å². The highest BCUT2D eigenvalue weighted by molar-refractivity contribution is 6.33. The lowest BCUT2D eigenvalue weighted by molar-refractivity contribution is 1.04. The summed E-state index contributed by atoms with van der Waals surface area (Å²) in [6.45, 7) is 4.30. The number of pyridine rings is 2. The van der Waals surface area contributed by atoms with Gasteiger partial charge in [0, 0.05) is 34.6 Å². The van der Waals surface area contributed by atoms with Gasteiger partial charge in [-0.05, 0) is 56.3 Å². The van der Waals surface area contributed by atoms with Gasteiger partial charge in [0.05, 0.1) is 11.2 Å². The van der Waals surface area contributed by atoms with Crippen LogP contribution in [0, 0.1) is 0 Å². The third kappa shape index (κ3) is 2.90. The highest BCUT2D eigenvalue weighted by Gasteiger charge is 2.22. The Balaban J connectivity index is 1.62. The first-order chi connectivity index (χ1) is 17.3. The second-order valence-electron chi connectivity index (χ2n) is 9.01. The largest absolute Gasteiger partial charge is 0.256 e. The van der Waals surface area contributed by atoms with Crippen LogP contribution in [0.4, 0.5) is 0 Å². The molecule has 0 saturated heterocycles. The van der Waals surface area contributed by atoms with Gasteiger partial charge in [0.15, 0.2) is 0 Å². The Morgan fingerprint density at radius 1 is 0.571 bits per heavy atom. The van der Waals surface area contributed by atoms with E-state index in [2.05, 4.69) is 96.5 Å². The maximum absolute atomic E-state index is 4.94. The SMILES string of the molecule is C=CC(c1ccccc1-c1ccccn1)c1ccc2ccc3cccc4c5cccnc5c1c2c34. The van der Waals surface area contributed by atoms with E-state index in [4.69, 9.17) is 4.98 Å². The second kappa shape index (κ2) is 7.75. The van der Waals surface area contributed by atoms with Gasteiger partial charge in [0.2, 0.25) is 0 Å². The molecule has 2 heterocycles. The van der Waals surface area contributed by atoms with E-state index in [0.717, 1.165) is 16.8 Å². The summed E-state index contributed by atoms with van der Waals surface area (Å²) in [4.78, 5) is 9.59. The first kappa shape index (κ1) is 19.9. The van der Waals surface area contributed by atoms with Gasteiger partial charge in [-0.3, -0.25) is 9.97 Å². The zero-order valence-corrected chi connectivity index (χ0v) is 19.1. The zero-order valence-electron chi connectivity index (χ0n) is 19.1. The topological polar surface area (TPSA) is 25.8 Å². The number of rotatable bonds is 4. The predicted octanol–water partition coefficient (Wildman–Crippen LogP) is 8.51. The van der Waals surface area contributed by atoms with Gasteiger partial charge in [-0.15, -0.1) is 6.58 Å². The molecule has 164 valence electrons. The molecule has 5 aromatic carbocycles. The Morgan fingerprint density at radius 3 is 2.20 bits per heavy atom. The number of benzene rings is 5. The highest BCUT2D eigenvalue weighted by atomic mass is 14.7. The molecule has 2 nitrogen and oxygen atoms in total. The molecule has 0 fully saturated rings. The molecule has 0 radical (unpaired) electrons. The highest BCUT2D eigenvalue weighted by Crippen LogP contribution is 2.45. The first-order valence-corrected chi connectivity index (χ1v) is 11.9. The molecule has 1 atom stereocenters. The van der Waals surface area contributed by atoms with Crippen LogP contribution < -0.4 is 0 Å². The third-order valence-electron chi connectivity index (χ3n) is 7.20. The summed E-state index contributed by atoms with van der Waals surface area (Å²) < 4.78 is 0. The van der Waals surface area contributed by atoms with Crippen molar-refractivity contribution in [3.05, 3.63) is 133 Å². The summed E-state index contributed by atoms with van der Waals surface area (Å²) in [5, 5.41) is 8.74. The smallest absolute Gasteiger partial charge is 0.0790 e. The third-order valence-corrected chi connectivity index (χ3v) is 7.20. The molecule has 0 bridgehead atoms. The molecule has 1 unspecified atom stereocenters. The fourth-order valence-corrected chi connectivity index (χ4v) is 5.72. The Bertz CT molecular complexity index is 1870. The van der Waals surface area contributed by atoms with Crippen LogP contribution in [0.25, 0.3) is 54.5 Å². The molecule has 7 aromatic rings. The maximum Gasteiger partial charge on any atom is 0.0790 e. The molecule has 0 aliphatic carbocycles. The van der Waals surface area contributed by atoms with Crippen molar-refractivity contribution in [1.29, 1.82) is 0 Å². The summed E-state index contributed by atoms with van der Waals surface area (Å²) in [5.41, 5.74) is 5.55. The predicted molar refractivity (Wildman–Crippen MR) is 147 cm³/mol. The molecule has 0 aliphatic rings. The minimum absolute atomic E-state index is 0.0111. The first-order valence-electron chi connectivity index (χ1n) is 11.9. The average Bonchev–Trinajstić information content (AvgIpc) is 2.93. The van der Waals surface area contributed by atoms with Crippen LogP contribution in [-0.4, -0.2) is 9.97 Å². The minimum atomic E-state index is -0.0111. The molecule has 2 aromatic heterocycles. The summed E-state index contributed by atoms with van der Waals surface area (Å²) in [6, 6.07) is 34.4. The Hall–Kier alpha value is -4.56. The summed E-state index contributed by atoms with van der Waals surface area (Å²) in [7, 11) is 0. The van der Waals surface area contributed by atoms with E-state index in [1.165, 1.54) is 48.8 Å². The van der Waals surface area contributed by atoms with Crippen LogP contribution >= 0.6 is 0 Å². The molecule has 35 heavy (non-hydrogen) atoms. The van der Waals surface area contributed by atoms with Gasteiger partial charge in [0.1, 0.15) is 0 Å². The number of nitrogens with zero attached hydrogens (tertiary/aromatic N) is 2. The molecule has 0 aliphatic heterocycles. The van der Waals surface area contributed by atoms with Crippen molar-refractivity contribution >= 4 is 43.2 Å². The Labute approximate surface area is 203 Å². The van der Waals surface area contributed by atoms with E-state index in [9.17, 15) is 0 Å². The number of hydrogen-bond donors (Lipinski definition) is 0. The zero-order chi connectivity index (χ0) is 23.4. The van der Waals surface area contributed by atoms with E-state index in [-0.39, 0.29) is 5.92 Å². The molecule has 2 heteroatoms. The lowest BCUT2D eigenvalue weighted by atomic mass is 9.81. The normalized spacial score (nSPS) is 12.6. The van der Waals surface area contributed by atoms with Gasteiger partial charge in [0.25, 0.3) is 0 Å². The van der Waals surface area contributed by atoms with Crippen LogP contribution in [0.1, 0.15) is 17.0 Å².